The fraction of sp³-hybridized carbons (Fsp3) is 0.250. The molecule has 0 N–H and O–H groups in total. The molecular formula is C16H17N5O2S. The van der Waals surface area contributed by atoms with Gasteiger partial charge in [0, 0.05) is 25.6 Å². The highest BCUT2D eigenvalue weighted by Gasteiger charge is 2.34. The van der Waals surface area contributed by atoms with Crippen molar-refractivity contribution in [2.45, 2.75) is 17.4 Å². The van der Waals surface area contributed by atoms with Crippen molar-refractivity contribution < 1.29 is 8.42 Å². The van der Waals surface area contributed by atoms with Crippen LogP contribution in [0.15, 0.2) is 60.3 Å². The third kappa shape index (κ3) is 2.39. The number of anilines is 1. The first-order valence-electron chi connectivity index (χ1n) is 7.62. The molecule has 0 unspecified atom stereocenters. The number of rotatable bonds is 3. The van der Waals surface area contributed by atoms with Gasteiger partial charge in [-0.3, -0.25) is 8.99 Å². The Morgan fingerprint density at radius 3 is 2.79 bits per heavy atom. The van der Waals surface area contributed by atoms with Gasteiger partial charge in [0.05, 0.1) is 30.8 Å². The molecule has 1 aliphatic heterocycles. The Morgan fingerprint density at radius 2 is 2.08 bits per heavy atom. The van der Waals surface area contributed by atoms with Crippen molar-refractivity contribution in [3.63, 3.8) is 0 Å². The number of imidazole rings is 1. The second kappa shape index (κ2) is 5.48. The van der Waals surface area contributed by atoms with Crippen molar-refractivity contribution in [3.8, 4) is 0 Å². The summed E-state index contributed by atoms with van der Waals surface area (Å²) in [5.74, 6) is 0. The zero-order valence-electron chi connectivity index (χ0n) is 13.1. The predicted octanol–water partition coefficient (Wildman–Crippen LogP) is 1.61. The van der Waals surface area contributed by atoms with E-state index >= 15 is 0 Å². The van der Waals surface area contributed by atoms with Gasteiger partial charge in [-0.15, -0.1) is 0 Å². The molecule has 0 spiro atoms. The fourth-order valence-corrected chi connectivity index (χ4v) is 4.63. The smallest absolute Gasteiger partial charge is 0.267 e. The fourth-order valence-electron chi connectivity index (χ4n) is 3.11. The number of sulfonamides is 1. The van der Waals surface area contributed by atoms with Crippen molar-refractivity contribution in [3.05, 3.63) is 60.9 Å². The molecule has 8 heteroatoms. The minimum Gasteiger partial charge on any atom is -0.332 e. The van der Waals surface area contributed by atoms with Crippen LogP contribution in [0.25, 0.3) is 0 Å². The number of hydrogen-bond acceptors (Lipinski definition) is 4. The first-order valence-corrected chi connectivity index (χ1v) is 9.06. The summed E-state index contributed by atoms with van der Waals surface area (Å²) in [7, 11) is -1.96. The topological polar surface area (TPSA) is 73.0 Å². The second-order valence-corrected chi connectivity index (χ2v) is 7.74. The lowest BCUT2D eigenvalue weighted by atomic mass is 10.00. The number of aromatic nitrogens is 4. The Balaban J connectivity index is 1.81. The maximum absolute atomic E-state index is 13.1. The quantitative estimate of drug-likeness (QED) is 0.724. The van der Waals surface area contributed by atoms with Gasteiger partial charge in [-0.25, -0.2) is 13.4 Å². The average molecular weight is 343 g/mol. The van der Waals surface area contributed by atoms with E-state index in [4.69, 9.17) is 0 Å². The minimum atomic E-state index is -3.66. The van der Waals surface area contributed by atoms with E-state index in [1.54, 1.807) is 19.6 Å². The number of fused-ring (bicyclic) bond motifs is 1. The van der Waals surface area contributed by atoms with Gasteiger partial charge < -0.3 is 4.57 Å². The number of benzene rings is 1. The van der Waals surface area contributed by atoms with Gasteiger partial charge in [0.1, 0.15) is 4.90 Å². The third-order valence-corrected chi connectivity index (χ3v) is 6.04. The van der Waals surface area contributed by atoms with E-state index in [-0.39, 0.29) is 10.9 Å². The number of hydrogen-bond donors (Lipinski definition) is 0. The summed E-state index contributed by atoms with van der Waals surface area (Å²) in [4.78, 5) is 4.28. The molecule has 0 aliphatic carbocycles. The average Bonchev–Trinajstić information content (AvgIpc) is 3.25. The molecule has 0 saturated carbocycles. The highest BCUT2D eigenvalue weighted by atomic mass is 32.2. The van der Waals surface area contributed by atoms with Crippen LogP contribution in [0.3, 0.4) is 0 Å². The summed E-state index contributed by atoms with van der Waals surface area (Å²) < 4.78 is 31.2. The van der Waals surface area contributed by atoms with Crippen LogP contribution in [0.1, 0.15) is 11.6 Å². The standard InChI is InChI=1S/C16H17N5O2S/c1-19-11-15(9-18-19)24(22,23)21-10-14(20-7-6-17-12-20)8-13-4-2-3-5-16(13)21/h2-7,9,11-12,14H,8,10H2,1H3/t14-/m0/s1. The summed E-state index contributed by atoms with van der Waals surface area (Å²) >= 11 is 0. The summed E-state index contributed by atoms with van der Waals surface area (Å²) in [6.07, 6.45) is 8.99. The Kier molecular flexibility index (Phi) is 3.42. The van der Waals surface area contributed by atoms with E-state index in [1.165, 1.54) is 21.4 Å². The highest BCUT2D eigenvalue weighted by Crippen LogP contribution is 2.35. The van der Waals surface area contributed by atoms with Gasteiger partial charge in [0.2, 0.25) is 0 Å². The van der Waals surface area contributed by atoms with Gasteiger partial charge in [-0.2, -0.15) is 5.10 Å². The molecule has 1 atom stereocenters. The maximum Gasteiger partial charge on any atom is 0.267 e. The largest absolute Gasteiger partial charge is 0.332 e. The number of aryl methyl sites for hydroxylation is 1. The Bertz CT molecular complexity index is 962. The van der Waals surface area contributed by atoms with E-state index in [0.717, 1.165) is 17.7 Å². The van der Waals surface area contributed by atoms with Gasteiger partial charge >= 0.3 is 0 Å². The molecule has 1 aliphatic rings. The van der Waals surface area contributed by atoms with Crippen LogP contribution in [0.4, 0.5) is 5.69 Å². The van der Waals surface area contributed by atoms with Crippen LogP contribution in [0, 0.1) is 0 Å². The summed E-state index contributed by atoms with van der Waals surface area (Å²) in [6.45, 7) is 0.366. The lowest BCUT2D eigenvalue weighted by Gasteiger charge is -2.35. The number of para-hydroxylation sites is 1. The van der Waals surface area contributed by atoms with E-state index in [9.17, 15) is 8.42 Å². The predicted molar refractivity (Wildman–Crippen MR) is 89.1 cm³/mol. The van der Waals surface area contributed by atoms with Crippen LogP contribution >= 0.6 is 0 Å². The molecule has 3 heterocycles. The summed E-state index contributed by atoms with van der Waals surface area (Å²) in [5, 5.41) is 4.00. The first-order chi connectivity index (χ1) is 11.6. The van der Waals surface area contributed by atoms with E-state index in [2.05, 4.69) is 10.1 Å². The molecule has 1 aromatic carbocycles. The van der Waals surface area contributed by atoms with Crippen LogP contribution in [0.5, 0.6) is 0 Å². The monoisotopic (exact) mass is 343 g/mol. The van der Waals surface area contributed by atoms with E-state index in [1.807, 2.05) is 35.0 Å². The molecular weight excluding hydrogens is 326 g/mol. The van der Waals surface area contributed by atoms with Crippen molar-refractivity contribution in [2.75, 3.05) is 10.8 Å². The van der Waals surface area contributed by atoms with E-state index in [0.29, 0.717) is 6.54 Å². The Morgan fingerprint density at radius 1 is 1.25 bits per heavy atom. The van der Waals surface area contributed by atoms with Gasteiger partial charge in [-0.05, 0) is 18.1 Å². The summed E-state index contributed by atoms with van der Waals surface area (Å²) in [5.41, 5.74) is 1.74. The molecule has 2 aromatic heterocycles. The van der Waals surface area contributed by atoms with Gasteiger partial charge in [0.25, 0.3) is 10.0 Å². The molecule has 0 bridgehead atoms. The molecule has 24 heavy (non-hydrogen) atoms. The molecule has 7 nitrogen and oxygen atoms in total. The van der Waals surface area contributed by atoms with Crippen LogP contribution in [-0.4, -0.2) is 34.3 Å². The Labute approximate surface area is 140 Å². The third-order valence-electron chi connectivity index (χ3n) is 4.31. The maximum atomic E-state index is 13.1. The van der Waals surface area contributed by atoms with E-state index < -0.39 is 10.0 Å². The van der Waals surface area contributed by atoms with Crippen LogP contribution in [0.2, 0.25) is 0 Å². The SMILES string of the molecule is Cn1cc(S(=O)(=O)N2C[C@@H](n3ccnc3)Cc3ccccc32)cn1. The molecule has 0 radical (unpaired) electrons. The molecule has 0 amide bonds. The molecule has 3 aromatic rings. The molecule has 0 fully saturated rings. The van der Waals surface area contributed by atoms with Crippen molar-refractivity contribution >= 4 is 15.7 Å². The highest BCUT2D eigenvalue weighted by molar-refractivity contribution is 7.92. The molecule has 0 saturated heterocycles. The Hall–Kier alpha value is -2.61. The summed E-state index contributed by atoms with van der Waals surface area (Å²) in [6, 6.07) is 7.64. The lowest BCUT2D eigenvalue weighted by Crippen LogP contribution is -2.40. The van der Waals surface area contributed by atoms with Crippen molar-refractivity contribution in [1.82, 2.24) is 19.3 Å². The zero-order valence-corrected chi connectivity index (χ0v) is 14.0. The van der Waals surface area contributed by atoms with Gasteiger partial charge in [-0.1, -0.05) is 18.2 Å². The molecule has 4 rings (SSSR count). The van der Waals surface area contributed by atoms with Crippen molar-refractivity contribution in [1.29, 1.82) is 0 Å². The van der Waals surface area contributed by atoms with Crippen molar-refractivity contribution in [2.24, 2.45) is 7.05 Å². The lowest BCUT2D eigenvalue weighted by molar-refractivity contribution is 0.487. The van der Waals surface area contributed by atoms with Crippen LogP contribution < -0.4 is 4.31 Å². The van der Waals surface area contributed by atoms with Crippen LogP contribution in [-0.2, 0) is 23.5 Å². The van der Waals surface area contributed by atoms with Gasteiger partial charge in [0.15, 0.2) is 0 Å². The second-order valence-electron chi connectivity index (χ2n) is 5.88. The molecule has 124 valence electrons. The number of nitrogens with zero attached hydrogens (tertiary/aromatic N) is 5. The minimum absolute atomic E-state index is 0.00819. The first kappa shape index (κ1) is 14.9. The zero-order chi connectivity index (χ0) is 16.7. The normalized spacial score (nSPS) is 17.7.